The highest BCUT2D eigenvalue weighted by Gasteiger charge is 1.95. The van der Waals surface area contributed by atoms with Crippen molar-refractivity contribution >= 4 is 22.3 Å². The predicted molar refractivity (Wildman–Crippen MR) is 66.2 cm³/mol. The first-order valence-electron chi connectivity index (χ1n) is 3.49. The van der Waals surface area contributed by atoms with Gasteiger partial charge in [-0.1, -0.05) is 14.9 Å². The molecule has 1 N–H and O–H groups in total. The van der Waals surface area contributed by atoms with Crippen molar-refractivity contribution in [3.63, 3.8) is 0 Å². The Kier molecular flexibility index (Phi) is 41.7. The Balaban J connectivity index is -0.0000000320. The van der Waals surface area contributed by atoms with Crippen LogP contribution in [0.25, 0.3) is 0 Å². The molecule has 0 radical (unpaired) electrons. The molecule has 0 aliphatic rings. The van der Waals surface area contributed by atoms with Crippen molar-refractivity contribution in [3.05, 3.63) is 7.43 Å². The van der Waals surface area contributed by atoms with E-state index in [0.717, 1.165) is 0 Å². The van der Waals surface area contributed by atoms with E-state index in [2.05, 4.69) is 4.74 Å². The Labute approximate surface area is 113 Å². The van der Waals surface area contributed by atoms with Gasteiger partial charge in [0.05, 0.1) is 0 Å². The van der Waals surface area contributed by atoms with Crippen LogP contribution in [0.15, 0.2) is 0 Å². The van der Waals surface area contributed by atoms with Crippen molar-refractivity contribution in [2.45, 2.75) is 28.7 Å². The lowest BCUT2D eigenvalue weighted by atomic mass is 10.6. The van der Waals surface area contributed by atoms with Gasteiger partial charge >= 0.3 is 5.97 Å². The molecule has 0 fully saturated rings. The molecular formula is C9H22F2O7S. The van der Waals surface area contributed by atoms with Crippen LogP contribution in [0.2, 0.25) is 0 Å². The zero-order chi connectivity index (χ0) is 13.8. The summed E-state index contributed by atoms with van der Waals surface area (Å²) in [5.74, 6) is -0.873. The molecule has 0 aromatic heterocycles. The minimum absolute atomic E-state index is 0. The highest BCUT2D eigenvalue weighted by Crippen LogP contribution is 1.74. The topological polar surface area (TPSA) is 121 Å². The van der Waals surface area contributed by atoms with Gasteiger partial charge in [0.15, 0.2) is 13.5 Å². The van der Waals surface area contributed by atoms with Gasteiger partial charge in [0.25, 0.3) is 10.5 Å². The Bertz CT molecular complexity index is 279. The number of rotatable bonds is 2. The second-order valence-electron chi connectivity index (χ2n) is 2.08. The van der Waals surface area contributed by atoms with Crippen LogP contribution in [0, 0.1) is 7.43 Å². The van der Waals surface area contributed by atoms with Crippen molar-refractivity contribution in [2.75, 3.05) is 13.5 Å². The lowest BCUT2D eigenvalue weighted by Crippen LogP contribution is -2.06. The third-order valence-corrected chi connectivity index (χ3v) is 0.335. The van der Waals surface area contributed by atoms with Gasteiger partial charge in [-0.3, -0.25) is 0 Å². The van der Waals surface area contributed by atoms with Gasteiger partial charge in [-0.2, -0.15) is 0 Å². The molecule has 10 heteroatoms. The van der Waals surface area contributed by atoms with E-state index >= 15 is 0 Å². The van der Waals surface area contributed by atoms with Crippen LogP contribution in [0.5, 0.6) is 0 Å². The van der Waals surface area contributed by atoms with Crippen LogP contribution in [0.1, 0.15) is 28.7 Å². The number of halogens is 2. The first-order valence-corrected chi connectivity index (χ1v) is 4.80. The number of Topliss-reactive ketones (excluding diaryl/α,β-unsaturated/α-hetero) is 1. The molecule has 0 spiro atoms. The van der Waals surface area contributed by atoms with Crippen molar-refractivity contribution < 1.29 is 40.7 Å². The maximum atomic E-state index is 11.0. The molecule has 0 saturated carbocycles. The van der Waals surface area contributed by atoms with Crippen LogP contribution < -0.4 is 0 Å². The fraction of sp³-hybridized carbons (Fsp3) is 0.667. The van der Waals surface area contributed by atoms with Crippen molar-refractivity contribution in [1.29, 1.82) is 0 Å². The minimum Gasteiger partial charge on any atom is -0.722 e. The highest BCUT2D eigenvalue weighted by atomic mass is 32.3. The summed E-state index contributed by atoms with van der Waals surface area (Å²) in [7, 11) is -5.42. The second kappa shape index (κ2) is 22.0. The summed E-state index contributed by atoms with van der Waals surface area (Å²) < 4.78 is 50.1. The van der Waals surface area contributed by atoms with Crippen LogP contribution in [-0.4, -0.2) is 43.3 Å². The van der Waals surface area contributed by atoms with Crippen molar-refractivity contribution in [3.8, 4) is 0 Å². The molecular weight excluding hydrogens is 290 g/mol. The van der Waals surface area contributed by atoms with Crippen LogP contribution in [-0.2, 0) is 24.8 Å². The lowest BCUT2D eigenvalue weighted by molar-refractivity contribution is -0.152. The van der Waals surface area contributed by atoms with E-state index in [0.29, 0.717) is 0 Å². The number of aliphatic hydroxyl groups is 1. The highest BCUT2D eigenvalue weighted by molar-refractivity contribution is 7.80. The third-order valence-electron chi connectivity index (χ3n) is 0.335. The zero-order valence-electron chi connectivity index (χ0n) is 9.48. The molecule has 0 amide bonds. The molecule has 19 heavy (non-hydrogen) atoms. The Morgan fingerprint density at radius 1 is 1.26 bits per heavy atom. The number of carbonyl (C=O) groups is 2. The molecule has 0 aromatic rings. The first kappa shape index (κ1) is 36.1. The van der Waals surface area contributed by atoms with E-state index in [1.54, 1.807) is 0 Å². The van der Waals surface area contributed by atoms with Gasteiger partial charge < -0.3 is 19.2 Å². The smallest absolute Gasteiger partial charge is 0.339 e. The van der Waals surface area contributed by atoms with Crippen LogP contribution in [0.4, 0.5) is 8.28 Å². The molecule has 0 heterocycles. The number of esters is 1. The fourth-order valence-corrected chi connectivity index (χ4v) is 0.111. The molecule has 0 unspecified atom stereocenters. The summed E-state index contributed by atoms with van der Waals surface area (Å²) in [5.41, 5.74) is 0. The van der Waals surface area contributed by atoms with Gasteiger partial charge in [0, 0.05) is 7.43 Å². The monoisotopic (exact) mass is 312 g/mol. The van der Waals surface area contributed by atoms with E-state index in [4.69, 9.17) is 18.1 Å². The quantitative estimate of drug-likeness (QED) is 0.267. The number of hydrogen-bond acceptors (Lipinski definition) is 7. The molecule has 0 saturated heterocycles. The second-order valence-corrected chi connectivity index (χ2v) is 2.87. The standard InChI is InChI=1S/C3H5FO3.C3H6O.2CH4.CH3.FHO3S/c4-1-3(6)7-2-5;1-3(2)4;;;;1-5(2,3)4/h5H,1-2H2;1-2H3;2*1H4;1H3;(H,2,3,4)/q;;;;+1;/p-1. The number of ether oxygens (including phenoxy) is 1. The summed E-state index contributed by atoms with van der Waals surface area (Å²) in [6.07, 6.45) is 0. The SMILES string of the molecule is C.C.CC(C)=O.O=C(CF)OCO.O=S(=O)([O-])F.[CH3+]. The van der Waals surface area contributed by atoms with Gasteiger partial charge in [0.1, 0.15) is 5.78 Å². The predicted octanol–water partition coefficient (Wildman–Crippen LogP) is 1.18. The zero-order valence-corrected chi connectivity index (χ0v) is 10.3. The Morgan fingerprint density at radius 2 is 1.47 bits per heavy atom. The summed E-state index contributed by atoms with van der Waals surface area (Å²) >= 11 is 0. The molecule has 7 nitrogen and oxygen atoms in total. The van der Waals surface area contributed by atoms with Gasteiger partial charge in [-0.15, -0.1) is 3.89 Å². The number of aliphatic hydroxyl groups excluding tert-OH is 1. The number of ketones is 1. The normalized spacial score (nSPS) is 7.47. The van der Waals surface area contributed by atoms with E-state index in [1.165, 1.54) is 13.8 Å². The molecule has 0 aliphatic carbocycles. The lowest BCUT2D eigenvalue weighted by Gasteiger charge is -1.91. The van der Waals surface area contributed by atoms with Crippen molar-refractivity contribution in [1.82, 2.24) is 0 Å². The molecule has 0 rings (SSSR count). The molecule has 0 aliphatic heterocycles. The largest absolute Gasteiger partial charge is 0.722 e. The van der Waals surface area contributed by atoms with Crippen LogP contribution >= 0.6 is 0 Å². The van der Waals surface area contributed by atoms with Crippen LogP contribution in [0.3, 0.4) is 0 Å². The van der Waals surface area contributed by atoms with E-state index in [1.807, 2.05) is 0 Å². The first-order chi connectivity index (χ1) is 7.04. The maximum Gasteiger partial charge on any atom is 0.339 e. The Hall–Kier alpha value is -1.26. The van der Waals surface area contributed by atoms with E-state index in [9.17, 15) is 17.9 Å². The molecule has 0 aromatic carbocycles. The number of carbonyl (C=O) groups excluding carboxylic acids is 2. The summed E-state index contributed by atoms with van der Waals surface area (Å²) in [5, 5.41) is 7.76. The molecule has 0 bridgehead atoms. The van der Waals surface area contributed by atoms with Gasteiger partial charge in [0.2, 0.25) is 0 Å². The molecule has 120 valence electrons. The van der Waals surface area contributed by atoms with E-state index in [-0.39, 0.29) is 28.1 Å². The summed E-state index contributed by atoms with van der Waals surface area (Å²) in [6, 6.07) is 0. The minimum atomic E-state index is -5.42. The van der Waals surface area contributed by atoms with E-state index < -0.39 is 29.9 Å². The number of alkyl halides is 1. The fourth-order valence-electron chi connectivity index (χ4n) is 0.111. The summed E-state index contributed by atoms with van der Waals surface area (Å²) in [4.78, 5) is 19.1. The average Bonchev–Trinajstić information content (AvgIpc) is 2.00. The average molecular weight is 312 g/mol. The van der Waals surface area contributed by atoms with Gasteiger partial charge in [-0.05, 0) is 13.8 Å². The maximum absolute atomic E-state index is 11.0. The summed E-state index contributed by atoms with van der Waals surface area (Å²) in [6.45, 7) is 1.13. The Morgan fingerprint density at radius 3 is 1.53 bits per heavy atom. The number of hydrogen-bond donors (Lipinski definition) is 1. The third kappa shape index (κ3) is 260. The molecule has 0 atom stereocenters. The van der Waals surface area contributed by atoms with Crippen molar-refractivity contribution in [2.24, 2.45) is 0 Å². The van der Waals surface area contributed by atoms with Gasteiger partial charge in [-0.25, -0.2) is 17.6 Å².